The van der Waals surface area contributed by atoms with Crippen molar-refractivity contribution < 1.29 is 4.74 Å². The van der Waals surface area contributed by atoms with Gasteiger partial charge in [-0.3, -0.25) is 0 Å². The highest BCUT2D eigenvalue weighted by molar-refractivity contribution is 4.81. The van der Waals surface area contributed by atoms with E-state index in [1.54, 1.807) is 0 Å². The van der Waals surface area contributed by atoms with Gasteiger partial charge in [0.15, 0.2) is 0 Å². The fourth-order valence-electron chi connectivity index (χ4n) is 3.32. The molecule has 126 valence electrons. The van der Waals surface area contributed by atoms with E-state index in [4.69, 9.17) is 4.74 Å². The minimum absolute atomic E-state index is 0.482. The number of hydrogen-bond acceptors (Lipinski definition) is 3. The molecular formula is C18H38N2O. The Morgan fingerprint density at radius 2 is 1.86 bits per heavy atom. The summed E-state index contributed by atoms with van der Waals surface area (Å²) in [4.78, 5) is 2.37. The van der Waals surface area contributed by atoms with E-state index < -0.39 is 0 Å². The zero-order chi connectivity index (χ0) is 15.8. The molecule has 0 aromatic carbocycles. The third-order valence-corrected chi connectivity index (χ3v) is 4.81. The normalized spacial score (nSPS) is 27.0. The Kier molecular flexibility index (Phi) is 8.84. The van der Waals surface area contributed by atoms with Gasteiger partial charge < -0.3 is 15.0 Å². The smallest absolute Gasteiger partial charge is 0.0608 e. The molecule has 0 bridgehead atoms. The Bertz CT molecular complexity index is 268. The fourth-order valence-corrected chi connectivity index (χ4v) is 3.32. The first-order valence-electron chi connectivity index (χ1n) is 8.93. The molecule has 0 radical (unpaired) electrons. The molecule has 3 nitrogen and oxygen atoms in total. The molecule has 21 heavy (non-hydrogen) atoms. The van der Waals surface area contributed by atoms with Gasteiger partial charge in [-0.1, -0.05) is 41.0 Å². The summed E-state index contributed by atoms with van der Waals surface area (Å²) < 4.78 is 6.26. The zero-order valence-corrected chi connectivity index (χ0v) is 15.2. The van der Waals surface area contributed by atoms with Crippen LogP contribution in [0.2, 0.25) is 0 Å². The number of ether oxygens (including phenoxy) is 1. The predicted octanol–water partition coefficient (Wildman–Crippen LogP) is 3.39. The van der Waals surface area contributed by atoms with Crippen molar-refractivity contribution in [1.29, 1.82) is 0 Å². The van der Waals surface area contributed by atoms with Crippen LogP contribution in [0.5, 0.6) is 0 Å². The maximum Gasteiger partial charge on any atom is 0.0608 e. The first-order chi connectivity index (χ1) is 9.90. The van der Waals surface area contributed by atoms with Crippen molar-refractivity contribution in [3.63, 3.8) is 0 Å². The molecule has 0 saturated heterocycles. The monoisotopic (exact) mass is 298 g/mol. The van der Waals surface area contributed by atoms with Crippen LogP contribution in [0.4, 0.5) is 0 Å². The van der Waals surface area contributed by atoms with Crippen LogP contribution >= 0.6 is 0 Å². The van der Waals surface area contributed by atoms with Crippen LogP contribution in [0.1, 0.15) is 53.9 Å². The van der Waals surface area contributed by atoms with Gasteiger partial charge in [0, 0.05) is 25.7 Å². The van der Waals surface area contributed by atoms with Gasteiger partial charge in [-0.05, 0) is 37.6 Å². The largest absolute Gasteiger partial charge is 0.377 e. The molecule has 0 heterocycles. The van der Waals surface area contributed by atoms with Crippen molar-refractivity contribution in [2.24, 2.45) is 17.8 Å². The highest BCUT2D eigenvalue weighted by Gasteiger charge is 2.31. The van der Waals surface area contributed by atoms with E-state index in [9.17, 15) is 0 Å². The second-order valence-electron chi connectivity index (χ2n) is 7.65. The Morgan fingerprint density at radius 1 is 1.14 bits per heavy atom. The molecule has 1 fully saturated rings. The van der Waals surface area contributed by atoms with Crippen molar-refractivity contribution in [3.05, 3.63) is 0 Å². The van der Waals surface area contributed by atoms with Crippen LogP contribution in [0, 0.1) is 17.8 Å². The van der Waals surface area contributed by atoms with Gasteiger partial charge in [0.1, 0.15) is 0 Å². The minimum atomic E-state index is 0.482. The zero-order valence-electron chi connectivity index (χ0n) is 15.2. The lowest BCUT2D eigenvalue weighted by Crippen LogP contribution is -2.37. The average Bonchev–Trinajstić information content (AvgIpc) is 2.38. The van der Waals surface area contributed by atoms with Gasteiger partial charge in [0.2, 0.25) is 0 Å². The van der Waals surface area contributed by atoms with Crippen molar-refractivity contribution >= 4 is 0 Å². The number of likely N-dealkylation sites (N-methyl/N-ethyl adjacent to an activating group) is 1. The van der Waals surface area contributed by atoms with Crippen LogP contribution in [0.15, 0.2) is 0 Å². The molecule has 0 aliphatic heterocycles. The fraction of sp³-hybridized carbons (Fsp3) is 1.00. The quantitative estimate of drug-likeness (QED) is 0.706. The van der Waals surface area contributed by atoms with Crippen LogP contribution in [0.3, 0.4) is 0 Å². The maximum atomic E-state index is 6.26. The minimum Gasteiger partial charge on any atom is -0.377 e. The molecule has 1 saturated carbocycles. The Labute approximate surface area is 132 Å². The summed E-state index contributed by atoms with van der Waals surface area (Å²) in [6, 6.07) is 0.574. The van der Waals surface area contributed by atoms with Crippen molar-refractivity contribution in [1.82, 2.24) is 10.2 Å². The summed E-state index contributed by atoms with van der Waals surface area (Å²) >= 11 is 0. The molecule has 1 rings (SSSR count). The molecule has 0 aromatic heterocycles. The van der Waals surface area contributed by atoms with Gasteiger partial charge in [0.25, 0.3) is 0 Å². The molecule has 0 aromatic rings. The van der Waals surface area contributed by atoms with E-state index in [0.29, 0.717) is 12.1 Å². The molecule has 0 spiro atoms. The average molecular weight is 299 g/mol. The number of nitrogens with one attached hydrogen (secondary N) is 1. The topological polar surface area (TPSA) is 24.5 Å². The van der Waals surface area contributed by atoms with E-state index in [1.807, 2.05) is 0 Å². The molecular weight excluding hydrogens is 260 g/mol. The summed E-state index contributed by atoms with van der Waals surface area (Å²) in [7, 11) is 2.19. The number of hydrogen-bond donors (Lipinski definition) is 1. The first-order valence-corrected chi connectivity index (χ1v) is 8.93. The lowest BCUT2D eigenvalue weighted by molar-refractivity contribution is -0.0428. The lowest BCUT2D eigenvalue weighted by Gasteiger charge is -2.37. The van der Waals surface area contributed by atoms with E-state index in [0.717, 1.165) is 44.0 Å². The highest BCUT2D eigenvalue weighted by Crippen LogP contribution is 2.35. The predicted molar refractivity (Wildman–Crippen MR) is 91.7 cm³/mol. The highest BCUT2D eigenvalue weighted by atomic mass is 16.5. The molecule has 1 aliphatic carbocycles. The van der Waals surface area contributed by atoms with Gasteiger partial charge in [-0.25, -0.2) is 0 Å². The van der Waals surface area contributed by atoms with Gasteiger partial charge >= 0.3 is 0 Å². The molecule has 1 N–H and O–H groups in total. The molecule has 3 heteroatoms. The maximum absolute atomic E-state index is 6.26. The van der Waals surface area contributed by atoms with Crippen LogP contribution in [0.25, 0.3) is 0 Å². The summed E-state index contributed by atoms with van der Waals surface area (Å²) in [5.74, 6) is 2.34. The summed E-state index contributed by atoms with van der Waals surface area (Å²) in [5.41, 5.74) is 0. The SMILES string of the molecule is CC(C)NCCN(C)CCO[C@@H]1C[C@H](C)CC[C@H]1C(C)C. The Morgan fingerprint density at radius 3 is 2.48 bits per heavy atom. The third-order valence-electron chi connectivity index (χ3n) is 4.81. The standard InChI is InChI=1S/C18H38N2O/c1-14(2)17-8-7-16(5)13-18(17)21-12-11-20(6)10-9-19-15(3)4/h14-19H,7-13H2,1-6H3/t16-,17+,18-/m1/s1. The Hall–Kier alpha value is -0.120. The summed E-state index contributed by atoms with van der Waals surface area (Å²) in [6.45, 7) is 15.5. The van der Waals surface area contributed by atoms with E-state index >= 15 is 0 Å². The van der Waals surface area contributed by atoms with Crippen LogP contribution < -0.4 is 5.32 Å². The first kappa shape index (κ1) is 18.9. The Balaban J connectivity index is 2.22. The van der Waals surface area contributed by atoms with Gasteiger partial charge in [-0.15, -0.1) is 0 Å². The molecule has 0 unspecified atom stereocenters. The second-order valence-corrected chi connectivity index (χ2v) is 7.65. The number of rotatable bonds is 9. The van der Waals surface area contributed by atoms with E-state index in [2.05, 4.69) is 51.9 Å². The van der Waals surface area contributed by atoms with Crippen LogP contribution in [-0.2, 0) is 4.74 Å². The van der Waals surface area contributed by atoms with E-state index in [1.165, 1.54) is 19.3 Å². The number of nitrogens with zero attached hydrogens (tertiary/aromatic N) is 1. The second kappa shape index (κ2) is 9.81. The van der Waals surface area contributed by atoms with Crippen LogP contribution in [-0.4, -0.2) is 50.3 Å². The summed E-state index contributed by atoms with van der Waals surface area (Å²) in [6.07, 6.45) is 4.46. The lowest BCUT2D eigenvalue weighted by atomic mass is 9.75. The third kappa shape index (κ3) is 7.62. The van der Waals surface area contributed by atoms with Crippen molar-refractivity contribution in [3.8, 4) is 0 Å². The summed E-state index contributed by atoms with van der Waals surface area (Å²) in [5, 5.41) is 3.46. The van der Waals surface area contributed by atoms with Crippen molar-refractivity contribution in [2.45, 2.75) is 66.0 Å². The van der Waals surface area contributed by atoms with Gasteiger partial charge in [0.05, 0.1) is 12.7 Å². The molecule has 1 aliphatic rings. The molecule has 0 amide bonds. The molecule has 3 atom stereocenters. The van der Waals surface area contributed by atoms with E-state index in [-0.39, 0.29) is 0 Å². The van der Waals surface area contributed by atoms with Gasteiger partial charge in [-0.2, -0.15) is 0 Å². The van der Waals surface area contributed by atoms with Crippen molar-refractivity contribution in [2.75, 3.05) is 33.3 Å².